The van der Waals surface area contributed by atoms with Gasteiger partial charge in [0.05, 0.1) is 12.1 Å². The molecule has 0 aromatic carbocycles. The Kier molecular flexibility index (Phi) is 5.31. The van der Waals surface area contributed by atoms with Gasteiger partial charge in [0.25, 0.3) is 5.91 Å². The van der Waals surface area contributed by atoms with Gasteiger partial charge < -0.3 is 20.3 Å². The fraction of sp³-hybridized carbons (Fsp3) is 0.667. The van der Waals surface area contributed by atoms with Crippen molar-refractivity contribution in [1.82, 2.24) is 10.2 Å². The summed E-state index contributed by atoms with van der Waals surface area (Å²) in [6.07, 6.45) is 4.40. The monoisotopic (exact) mass is 419 g/mol. The minimum absolute atomic E-state index is 0.0103. The number of hydrogen-bond donors (Lipinski definition) is 2. The molecule has 2 fully saturated rings. The van der Waals surface area contributed by atoms with E-state index in [0.717, 1.165) is 36.1 Å². The number of amides is 3. The quantitative estimate of drug-likeness (QED) is 0.764. The summed E-state index contributed by atoms with van der Waals surface area (Å²) in [5.74, 6) is 0.460. The SMILES string of the molecule is CC(C)(C)OC(=O)N1CCc2sc(NC(=O)C3CC3)c(C(=O)NCC3CC3)c2C1. The van der Waals surface area contributed by atoms with Crippen LogP contribution in [0.2, 0.25) is 0 Å². The molecule has 1 aliphatic heterocycles. The number of anilines is 1. The van der Waals surface area contributed by atoms with E-state index in [-0.39, 0.29) is 23.8 Å². The van der Waals surface area contributed by atoms with Gasteiger partial charge in [0.15, 0.2) is 0 Å². The summed E-state index contributed by atoms with van der Waals surface area (Å²) in [5, 5.41) is 6.62. The summed E-state index contributed by atoms with van der Waals surface area (Å²) in [4.78, 5) is 40.6. The fourth-order valence-corrected chi connectivity index (χ4v) is 4.60. The maximum atomic E-state index is 13.0. The van der Waals surface area contributed by atoms with Crippen molar-refractivity contribution in [3.8, 4) is 0 Å². The maximum Gasteiger partial charge on any atom is 0.410 e. The summed E-state index contributed by atoms with van der Waals surface area (Å²) < 4.78 is 5.51. The molecule has 2 aliphatic carbocycles. The molecule has 0 spiro atoms. The minimum atomic E-state index is -0.570. The van der Waals surface area contributed by atoms with Crippen LogP contribution in [-0.4, -0.2) is 41.5 Å². The number of carbonyl (C=O) groups excluding carboxylic acids is 3. The summed E-state index contributed by atoms with van der Waals surface area (Å²) in [7, 11) is 0. The van der Waals surface area contributed by atoms with Crippen LogP contribution in [-0.2, 0) is 22.5 Å². The van der Waals surface area contributed by atoms with E-state index in [1.165, 1.54) is 11.3 Å². The van der Waals surface area contributed by atoms with Crippen LogP contribution in [0.5, 0.6) is 0 Å². The Labute approximate surface area is 175 Å². The van der Waals surface area contributed by atoms with Crippen molar-refractivity contribution < 1.29 is 19.1 Å². The normalized spacial score (nSPS) is 18.8. The van der Waals surface area contributed by atoms with Crippen LogP contribution in [0.1, 0.15) is 67.3 Å². The lowest BCUT2D eigenvalue weighted by Crippen LogP contribution is -2.40. The Morgan fingerprint density at radius 2 is 1.90 bits per heavy atom. The van der Waals surface area contributed by atoms with E-state index in [2.05, 4.69) is 10.6 Å². The van der Waals surface area contributed by atoms with Crippen LogP contribution in [0.4, 0.5) is 9.80 Å². The van der Waals surface area contributed by atoms with Gasteiger partial charge in [0, 0.05) is 29.4 Å². The van der Waals surface area contributed by atoms with Crippen LogP contribution in [0, 0.1) is 11.8 Å². The molecular formula is C21H29N3O4S. The summed E-state index contributed by atoms with van der Waals surface area (Å²) >= 11 is 1.47. The third kappa shape index (κ3) is 4.91. The molecule has 2 saturated carbocycles. The molecular weight excluding hydrogens is 390 g/mol. The smallest absolute Gasteiger partial charge is 0.410 e. The van der Waals surface area contributed by atoms with Gasteiger partial charge in [-0.25, -0.2) is 4.79 Å². The Bertz CT molecular complexity index is 834. The second-order valence-electron chi connectivity index (χ2n) is 9.28. The molecule has 1 aromatic heterocycles. The molecule has 158 valence electrons. The lowest BCUT2D eigenvalue weighted by molar-refractivity contribution is -0.117. The number of nitrogens with zero attached hydrogens (tertiary/aromatic N) is 1. The number of rotatable bonds is 5. The number of hydrogen-bond acceptors (Lipinski definition) is 5. The first-order valence-corrected chi connectivity index (χ1v) is 11.2. The van der Waals surface area contributed by atoms with E-state index in [4.69, 9.17) is 4.74 Å². The van der Waals surface area contributed by atoms with E-state index < -0.39 is 5.60 Å². The lowest BCUT2D eigenvalue weighted by Gasteiger charge is -2.30. The summed E-state index contributed by atoms with van der Waals surface area (Å²) in [6, 6.07) is 0. The van der Waals surface area contributed by atoms with Crippen LogP contribution in [0.15, 0.2) is 0 Å². The van der Waals surface area contributed by atoms with Crippen molar-refractivity contribution in [1.29, 1.82) is 0 Å². The zero-order valence-corrected chi connectivity index (χ0v) is 18.1. The second-order valence-corrected chi connectivity index (χ2v) is 10.4. The standard InChI is InChI=1S/C21H29N3O4S/c1-21(2,3)28-20(27)24-9-8-15-14(11-24)16(18(26)22-10-12-4-5-12)19(29-15)23-17(25)13-6-7-13/h12-13H,4-11H2,1-3H3,(H,22,26)(H,23,25). The highest BCUT2D eigenvalue weighted by Crippen LogP contribution is 2.39. The first-order chi connectivity index (χ1) is 13.7. The first kappa shape index (κ1) is 20.2. The van der Waals surface area contributed by atoms with Gasteiger partial charge >= 0.3 is 6.09 Å². The fourth-order valence-electron chi connectivity index (χ4n) is 3.41. The zero-order valence-electron chi connectivity index (χ0n) is 17.3. The molecule has 0 saturated heterocycles. The molecule has 7 nitrogen and oxygen atoms in total. The van der Waals surface area contributed by atoms with Crippen molar-refractivity contribution >= 4 is 34.2 Å². The number of nitrogens with one attached hydrogen (secondary N) is 2. The van der Waals surface area contributed by atoms with E-state index in [9.17, 15) is 14.4 Å². The van der Waals surface area contributed by atoms with E-state index >= 15 is 0 Å². The lowest BCUT2D eigenvalue weighted by atomic mass is 10.0. The number of carbonyl (C=O) groups is 3. The van der Waals surface area contributed by atoms with Crippen molar-refractivity contribution in [2.75, 3.05) is 18.4 Å². The molecule has 0 bridgehead atoms. The predicted molar refractivity (Wildman–Crippen MR) is 111 cm³/mol. The number of fused-ring (bicyclic) bond motifs is 1. The molecule has 0 radical (unpaired) electrons. The van der Waals surface area contributed by atoms with Crippen molar-refractivity contribution in [3.63, 3.8) is 0 Å². The Balaban J connectivity index is 1.56. The average Bonchev–Trinajstić information content (AvgIpc) is 3.54. The molecule has 3 aliphatic rings. The van der Waals surface area contributed by atoms with Gasteiger partial charge in [-0.3, -0.25) is 9.59 Å². The molecule has 0 atom stereocenters. The third-order valence-corrected chi connectivity index (χ3v) is 6.57. The van der Waals surface area contributed by atoms with Crippen LogP contribution < -0.4 is 10.6 Å². The van der Waals surface area contributed by atoms with Gasteiger partial charge in [-0.2, -0.15) is 0 Å². The molecule has 29 heavy (non-hydrogen) atoms. The van der Waals surface area contributed by atoms with Gasteiger partial charge in [-0.1, -0.05) is 0 Å². The van der Waals surface area contributed by atoms with Crippen LogP contribution in [0.3, 0.4) is 0 Å². The average molecular weight is 420 g/mol. The van der Waals surface area contributed by atoms with Gasteiger partial charge in [0.1, 0.15) is 10.6 Å². The van der Waals surface area contributed by atoms with Gasteiger partial charge in [0.2, 0.25) is 5.91 Å². The highest BCUT2D eigenvalue weighted by molar-refractivity contribution is 7.17. The molecule has 2 heterocycles. The Morgan fingerprint density at radius 1 is 1.17 bits per heavy atom. The second kappa shape index (κ2) is 7.63. The predicted octanol–water partition coefficient (Wildman–Crippen LogP) is 3.53. The van der Waals surface area contributed by atoms with Gasteiger partial charge in [-0.05, 0) is 58.8 Å². The van der Waals surface area contributed by atoms with E-state index in [0.29, 0.717) is 42.5 Å². The topological polar surface area (TPSA) is 87.7 Å². The number of thiophene rings is 1. The van der Waals surface area contributed by atoms with Crippen molar-refractivity contribution in [3.05, 3.63) is 16.0 Å². The Morgan fingerprint density at radius 3 is 2.52 bits per heavy atom. The van der Waals surface area contributed by atoms with Crippen LogP contribution >= 0.6 is 11.3 Å². The largest absolute Gasteiger partial charge is 0.444 e. The maximum absolute atomic E-state index is 13.0. The number of ether oxygens (including phenoxy) is 1. The summed E-state index contributed by atoms with van der Waals surface area (Å²) in [5.41, 5.74) is 0.791. The zero-order chi connectivity index (χ0) is 20.8. The van der Waals surface area contributed by atoms with E-state index in [1.807, 2.05) is 20.8 Å². The third-order valence-electron chi connectivity index (χ3n) is 5.36. The minimum Gasteiger partial charge on any atom is -0.444 e. The molecule has 8 heteroatoms. The van der Waals surface area contributed by atoms with Crippen molar-refractivity contribution in [2.24, 2.45) is 11.8 Å². The highest BCUT2D eigenvalue weighted by atomic mass is 32.1. The highest BCUT2D eigenvalue weighted by Gasteiger charge is 2.35. The first-order valence-electron chi connectivity index (χ1n) is 10.4. The van der Waals surface area contributed by atoms with Crippen molar-refractivity contribution in [2.45, 2.75) is 65.0 Å². The molecule has 4 rings (SSSR count). The molecule has 0 unspecified atom stereocenters. The molecule has 3 amide bonds. The van der Waals surface area contributed by atoms with Crippen LogP contribution in [0.25, 0.3) is 0 Å². The van der Waals surface area contributed by atoms with Gasteiger partial charge in [-0.15, -0.1) is 11.3 Å². The van der Waals surface area contributed by atoms with E-state index in [1.54, 1.807) is 4.90 Å². The molecule has 1 aromatic rings. The Hall–Kier alpha value is -2.09. The summed E-state index contributed by atoms with van der Waals surface area (Å²) in [6.45, 7) is 7.05. The molecule has 2 N–H and O–H groups in total.